The summed E-state index contributed by atoms with van der Waals surface area (Å²) < 4.78 is 5.35. The number of nitrogens with one attached hydrogen (secondary N) is 2. The molecule has 0 spiro atoms. The van der Waals surface area contributed by atoms with Crippen LogP contribution in [0, 0.1) is 5.92 Å². The lowest BCUT2D eigenvalue weighted by Crippen LogP contribution is -2.42. The highest BCUT2D eigenvalue weighted by Gasteiger charge is 2.59. The average Bonchev–Trinajstić information content (AvgIpc) is 3.70. The molecule has 210 valence electrons. The first-order chi connectivity index (χ1) is 19.3. The number of amides is 2. The van der Waals surface area contributed by atoms with Gasteiger partial charge in [0.15, 0.2) is 11.9 Å². The maximum absolute atomic E-state index is 12.5. The number of carbonyl (C=O) groups is 4. The number of allylic oxidation sites excluding steroid dienone is 11. The molecule has 0 aromatic carbocycles. The molecule has 2 amide bonds. The van der Waals surface area contributed by atoms with Gasteiger partial charge in [-0.15, -0.1) is 0 Å². The van der Waals surface area contributed by atoms with Gasteiger partial charge in [0.2, 0.25) is 17.6 Å². The van der Waals surface area contributed by atoms with Crippen molar-refractivity contribution in [2.45, 2.75) is 62.8 Å². The fourth-order valence-electron chi connectivity index (χ4n) is 4.87. The van der Waals surface area contributed by atoms with E-state index in [-0.39, 0.29) is 35.8 Å². The molecule has 40 heavy (non-hydrogen) atoms. The molecule has 4 N–H and O–H groups in total. The van der Waals surface area contributed by atoms with Crippen molar-refractivity contribution in [2.24, 2.45) is 5.92 Å². The molecule has 0 radical (unpaired) electrons. The van der Waals surface area contributed by atoms with E-state index in [2.05, 4.69) is 16.7 Å². The van der Waals surface area contributed by atoms with Crippen LogP contribution in [0.25, 0.3) is 0 Å². The van der Waals surface area contributed by atoms with Crippen LogP contribution in [0.4, 0.5) is 0 Å². The minimum Gasteiger partial charge on any atom is -0.510 e. The number of rotatable bonds is 10. The van der Waals surface area contributed by atoms with Crippen molar-refractivity contribution in [3.63, 3.8) is 0 Å². The van der Waals surface area contributed by atoms with Crippen molar-refractivity contribution in [3.05, 3.63) is 96.1 Å². The van der Waals surface area contributed by atoms with E-state index >= 15 is 0 Å². The first kappa shape index (κ1) is 28.9. The predicted molar refractivity (Wildman–Crippen MR) is 148 cm³/mol. The fourth-order valence-corrected chi connectivity index (χ4v) is 4.87. The van der Waals surface area contributed by atoms with Crippen molar-refractivity contribution in [3.8, 4) is 0 Å². The van der Waals surface area contributed by atoms with E-state index in [1.165, 1.54) is 74.6 Å². The van der Waals surface area contributed by atoms with Gasteiger partial charge in [0.05, 0.1) is 5.70 Å². The van der Waals surface area contributed by atoms with Gasteiger partial charge in [0.25, 0.3) is 0 Å². The average molecular weight is 547 g/mol. The monoisotopic (exact) mass is 546 g/mol. The largest absolute Gasteiger partial charge is 0.510 e. The van der Waals surface area contributed by atoms with Crippen LogP contribution >= 0.6 is 0 Å². The van der Waals surface area contributed by atoms with Gasteiger partial charge in [-0.2, -0.15) is 0 Å². The second-order valence-corrected chi connectivity index (χ2v) is 10.1. The van der Waals surface area contributed by atoms with Gasteiger partial charge in [-0.25, -0.2) is 0 Å². The quantitative estimate of drug-likeness (QED) is 0.187. The summed E-state index contributed by atoms with van der Waals surface area (Å²) in [5.41, 5.74) is -1.72. The predicted octanol–water partition coefficient (Wildman–Crippen LogP) is 3.23. The minimum atomic E-state index is -1.60. The molecule has 9 heteroatoms. The minimum absolute atomic E-state index is 0.0405. The Balaban J connectivity index is 1.27. The second-order valence-electron chi connectivity index (χ2n) is 10.1. The van der Waals surface area contributed by atoms with Gasteiger partial charge in [0.1, 0.15) is 23.2 Å². The van der Waals surface area contributed by atoms with Crippen LogP contribution in [0.15, 0.2) is 96.1 Å². The van der Waals surface area contributed by atoms with Crippen molar-refractivity contribution in [2.75, 3.05) is 0 Å². The number of hydrogen-bond acceptors (Lipinski definition) is 7. The summed E-state index contributed by atoms with van der Waals surface area (Å²) in [4.78, 5) is 48.3. The van der Waals surface area contributed by atoms with Gasteiger partial charge < -0.3 is 25.6 Å². The number of aliphatic hydroxyl groups is 2. The van der Waals surface area contributed by atoms with E-state index in [9.17, 15) is 29.4 Å². The van der Waals surface area contributed by atoms with Crippen LogP contribution in [-0.2, 0) is 23.9 Å². The third-order valence-electron chi connectivity index (χ3n) is 7.07. The molecule has 0 aromatic heterocycles. The molecule has 3 aliphatic carbocycles. The maximum Gasteiger partial charge on any atom is 0.248 e. The lowest BCUT2D eigenvalue weighted by molar-refractivity contribution is -0.121. The summed E-state index contributed by atoms with van der Waals surface area (Å²) in [6.45, 7) is 0. The van der Waals surface area contributed by atoms with Crippen LogP contribution in [-0.4, -0.2) is 51.4 Å². The SMILES string of the molecule is O=C(/C=C/C=C/C=C/C1CCCCC1)NC1=C[C@@](O)(/C=C/C=C/C=C/C(=O)NC2=C(O)CCC2=O)C2OC2C1=O. The summed E-state index contributed by atoms with van der Waals surface area (Å²) in [7, 11) is 0. The second kappa shape index (κ2) is 13.3. The summed E-state index contributed by atoms with van der Waals surface area (Å²) in [5.74, 6) is -1.28. The Hall–Kier alpha value is -4.08. The number of fused-ring (bicyclic) bond motifs is 1. The van der Waals surface area contributed by atoms with Crippen molar-refractivity contribution >= 4 is 23.4 Å². The summed E-state index contributed by atoms with van der Waals surface area (Å²) in [6, 6.07) is 0. The first-order valence-electron chi connectivity index (χ1n) is 13.5. The molecule has 0 bridgehead atoms. The Morgan fingerprint density at radius 3 is 2.20 bits per heavy atom. The normalized spacial score (nSPS) is 27.7. The summed E-state index contributed by atoms with van der Waals surface area (Å²) in [6.07, 6.45) is 25.7. The van der Waals surface area contributed by atoms with Crippen LogP contribution in [0.2, 0.25) is 0 Å². The van der Waals surface area contributed by atoms with Gasteiger partial charge in [-0.1, -0.05) is 73.9 Å². The molecule has 3 atom stereocenters. The van der Waals surface area contributed by atoms with E-state index in [0.717, 1.165) is 0 Å². The number of ether oxygens (including phenoxy) is 1. The molecule has 2 fully saturated rings. The Kier molecular flexibility index (Phi) is 9.63. The van der Waals surface area contributed by atoms with Crippen LogP contribution in [0.1, 0.15) is 44.9 Å². The highest BCUT2D eigenvalue weighted by Crippen LogP contribution is 2.40. The topological polar surface area (TPSA) is 145 Å². The molecule has 0 aromatic rings. The zero-order chi connectivity index (χ0) is 28.5. The highest BCUT2D eigenvalue weighted by atomic mass is 16.6. The molecule has 9 nitrogen and oxygen atoms in total. The van der Waals surface area contributed by atoms with Crippen LogP contribution in [0.5, 0.6) is 0 Å². The fraction of sp³-hybridized carbons (Fsp3) is 0.355. The molecule has 4 aliphatic rings. The maximum atomic E-state index is 12.5. The number of Topliss-reactive ketones (excluding diaryl/α,β-unsaturated/α-hetero) is 2. The molecular formula is C31H34N2O7. The van der Waals surface area contributed by atoms with Gasteiger partial charge in [-0.05, 0) is 30.9 Å². The lowest BCUT2D eigenvalue weighted by Gasteiger charge is -2.23. The molecular weight excluding hydrogens is 512 g/mol. The summed E-state index contributed by atoms with van der Waals surface area (Å²) >= 11 is 0. The molecule has 4 rings (SSSR count). The van der Waals surface area contributed by atoms with Gasteiger partial charge in [-0.3, -0.25) is 19.2 Å². The Morgan fingerprint density at radius 1 is 0.875 bits per heavy atom. The lowest BCUT2D eigenvalue weighted by atomic mass is 9.88. The van der Waals surface area contributed by atoms with E-state index in [0.29, 0.717) is 5.92 Å². The number of ketones is 2. The van der Waals surface area contributed by atoms with E-state index in [1.54, 1.807) is 18.2 Å². The first-order valence-corrected chi connectivity index (χ1v) is 13.5. The molecule has 1 aliphatic heterocycles. The van der Waals surface area contributed by atoms with Crippen molar-refractivity contribution < 1.29 is 34.1 Å². The molecule has 2 unspecified atom stereocenters. The zero-order valence-corrected chi connectivity index (χ0v) is 22.1. The standard InChI is InChI=1S/C31H34N2O7/c34-23-17-18-24(35)27(23)33-26(37)16-10-3-4-11-19-31(39)20-22(28(38)29-30(31)40-29)32-25(36)15-9-2-1-6-12-21-13-7-5-8-14-21/h1-4,6,9-12,15-16,19-21,29-30,34,39H,5,7-8,13-14,17-18H2,(H,32,36)(H,33,37)/b2-1+,4-3+,12-6+,15-9+,16-10+,19-11+/t29?,30?,31-/m0/s1. The molecule has 1 heterocycles. The zero-order valence-electron chi connectivity index (χ0n) is 22.1. The van der Waals surface area contributed by atoms with Crippen molar-refractivity contribution in [1.29, 1.82) is 0 Å². The number of epoxide rings is 1. The number of carbonyl (C=O) groups excluding carboxylic acids is 4. The number of hydrogen-bond donors (Lipinski definition) is 4. The van der Waals surface area contributed by atoms with Gasteiger partial charge >= 0.3 is 0 Å². The van der Waals surface area contributed by atoms with E-state index in [4.69, 9.17) is 4.74 Å². The third kappa shape index (κ3) is 7.74. The Morgan fingerprint density at radius 2 is 1.52 bits per heavy atom. The molecule has 1 saturated heterocycles. The van der Waals surface area contributed by atoms with E-state index < -0.39 is 35.4 Å². The van der Waals surface area contributed by atoms with Crippen molar-refractivity contribution in [1.82, 2.24) is 10.6 Å². The summed E-state index contributed by atoms with van der Waals surface area (Å²) in [5, 5.41) is 25.5. The number of aliphatic hydroxyl groups excluding tert-OH is 1. The van der Waals surface area contributed by atoms with Crippen LogP contribution < -0.4 is 10.6 Å². The van der Waals surface area contributed by atoms with Gasteiger partial charge in [0, 0.05) is 25.0 Å². The van der Waals surface area contributed by atoms with E-state index in [1.807, 2.05) is 12.2 Å². The third-order valence-corrected chi connectivity index (χ3v) is 7.07. The molecule has 1 saturated carbocycles. The van der Waals surface area contributed by atoms with Crippen LogP contribution in [0.3, 0.4) is 0 Å². The highest BCUT2D eigenvalue weighted by molar-refractivity contribution is 6.06. The Bertz CT molecular complexity index is 1270. The smallest absolute Gasteiger partial charge is 0.248 e. The Labute approximate surface area is 233 Å².